The molecule has 0 aromatic carbocycles. The van der Waals surface area contributed by atoms with Gasteiger partial charge in [0.15, 0.2) is 0 Å². The van der Waals surface area contributed by atoms with Crippen molar-refractivity contribution < 1.29 is 8.42 Å². The Hall–Kier alpha value is -0.850. The van der Waals surface area contributed by atoms with Crippen LogP contribution in [0.25, 0.3) is 0 Å². The Morgan fingerprint density at radius 2 is 2.06 bits per heavy atom. The minimum atomic E-state index is -3.38. The van der Waals surface area contributed by atoms with Crippen LogP contribution < -0.4 is 5.73 Å². The lowest BCUT2D eigenvalue weighted by Crippen LogP contribution is -2.38. The summed E-state index contributed by atoms with van der Waals surface area (Å²) in [6.07, 6.45) is 6.90. The molecule has 18 heavy (non-hydrogen) atoms. The first-order chi connectivity index (χ1) is 8.55. The Morgan fingerprint density at radius 3 is 2.61 bits per heavy atom. The summed E-state index contributed by atoms with van der Waals surface area (Å²) in [6.45, 7) is 0.322. The third-order valence-corrected chi connectivity index (χ3v) is 5.59. The average molecular weight is 271 g/mol. The molecule has 1 aromatic heterocycles. The van der Waals surface area contributed by atoms with Crippen LogP contribution in [0.4, 0.5) is 0 Å². The molecule has 3 N–H and O–H groups in total. The Kier molecular flexibility index (Phi) is 4.09. The summed E-state index contributed by atoms with van der Waals surface area (Å²) in [4.78, 5) is 3.20. The molecule has 2 rings (SSSR count). The lowest BCUT2D eigenvalue weighted by Gasteiger charge is -2.30. The number of hydrogen-bond donors (Lipinski definition) is 2. The molecule has 1 fully saturated rings. The number of nitrogens with one attached hydrogen (secondary N) is 1. The van der Waals surface area contributed by atoms with Crippen LogP contribution in [0.15, 0.2) is 17.2 Å². The van der Waals surface area contributed by atoms with E-state index in [0.29, 0.717) is 11.4 Å². The van der Waals surface area contributed by atoms with Crippen LogP contribution in [0, 0.1) is 0 Å². The zero-order valence-corrected chi connectivity index (χ0v) is 11.5. The van der Waals surface area contributed by atoms with Gasteiger partial charge >= 0.3 is 0 Å². The number of nitrogens with zero attached hydrogens (tertiary/aromatic N) is 1. The molecule has 1 aliphatic rings. The van der Waals surface area contributed by atoms with E-state index in [9.17, 15) is 8.42 Å². The number of hydrogen-bond acceptors (Lipinski definition) is 3. The molecule has 0 radical (unpaired) electrons. The van der Waals surface area contributed by atoms with Crippen molar-refractivity contribution in [1.29, 1.82) is 0 Å². The maximum Gasteiger partial charge on any atom is 0.244 e. The average Bonchev–Trinajstić information content (AvgIpc) is 2.88. The second-order valence-electron chi connectivity index (χ2n) is 4.88. The van der Waals surface area contributed by atoms with Crippen molar-refractivity contribution in [3.8, 4) is 0 Å². The quantitative estimate of drug-likeness (QED) is 0.869. The maximum absolute atomic E-state index is 12.4. The SMILES string of the molecule is CN(C1CCCCC1)S(=O)(=O)c1c[nH]c(CN)c1. The van der Waals surface area contributed by atoms with Gasteiger partial charge in [0.25, 0.3) is 0 Å². The van der Waals surface area contributed by atoms with Gasteiger partial charge in [-0.25, -0.2) is 8.42 Å². The standard InChI is InChI=1S/C12H21N3O2S/c1-15(11-5-3-2-4-6-11)18(16,17)12-7-10(8-13)14-9-12/h7,9,11,14H,2-6,8,13H2,1H3. The molecule has 0 bridgehead atoms. The van der Waals surface area contributed by atoms with Crippen LogP contribution >= 0.6 is 0 Å². The third kappa shape index (κ3) is 2.60. The van der Waals surface area contributed by atoms with E-state index in [1.165, 1.54) is 16.9 Å². The van der Waals surface area contributed by atoms with Gasteiger partial charge in [0, 0.05) is 31.5 Å². The van der Waals surface area contributed by atoms with Crippen LogP contribution in [0.5, 0.6) is 0 Å². The van der Waals surface area contributed by atoms with Crippen LogP contribution in [0.3, 0.4) is 0 Å². The second-order valence-corrected chi connectivity index (χ2v) is 6.88. The smallest absolute Gasteiger partial charge is 0.244 e. The van der Waals surface area contributed by atoms with E-state index in [2.05, 4.69) is 4.98 Å². The fourth-order valence-corrected chi connectivity index (χ4v) is 3.93. The van der Waals surface area contributed by atoms with Crippen molar-refractivity contribution in [2.45, 2.75) is 49.6 Å². The number of nitrogens with two attached hydrogens (primary N) is 1. The van der Waals surface area contributed by atoms with Gasteiger partial charge in [0.1, 0.15) is 0 Å². The van der Waals surface area contributed by atoms with Crippen LogP contribution in [-0.4, -0.2) is 30.8 Å². The number of sulfonamides is 1. The Morgan fingerprint density at radius 1 is 1.39 bits per heavy atom. The highest BCUT2D eigenvalue weighted by atomic mass is 32.2. The van der Waals surface area contributed by atoms with Crippen molar-refractivity contribution in [3.05, 3.63) is 18.0 Å². The van der Waals surface area contributed by atoms with E-state index in [0.717, 1.165) is 31.4 Å². The molecule has 0 amide bonds. The van der Waals surface area contributed by atoms with Gasteiger partial charge in [-0.15, -0.1) is 0 Å². The van der Waals surface area contributed by atoms with Gasteiger partial charge in [0.05, 0.1) is 4.90 Å². The fraction of sp³-hybridized carbons (Fsp3) is 0.667. The second kappa shape index (κ2) is 5.42. The molecule has 0 saturated heterocycles. The summed E-state index contributed by atoms with van der Waals surface area (Å²) in [5.74, 6) is 0. The van der Waals surface area contributed by atoms with Crippen molar-refractivity contribution >= 4 is 10.0 Å². The Balaban J connectivity index is 2.18. The molecule has 6 heteroatoms. The van der Waals surface area contributed by atoms with Gasteiger partial charge in [-0.3, -0.25) is 0 Å². The highest BCUT2D eigenvalue weighted by Crippen LogP contribution is 2.26. The molecule has 0 spiro atoms. The summed E-state index contributed by atoms with van der Waals surface area (Å²) in [5, 5.41) is 0. The van der Waals surface area contributed by atoms with Crippen LogP contribution in [0.2, 0.25) is 0 Å². The van der Waals surface area contributed by atoms with E-state index >= 15 is 0 Å². The highest BCUT2D eigenvalue weighted by molar-refractivity contribution is 7.89. The topological polar surface area (TPSA) is 79.2 Å². The zero-order chi connectivity index (χ0) is 13.2. The van der Waals surface area contributed by atoms with Gasteiger partial charge in [-0.05, 0) is 18.9 Å². The normalized spacial score (nSPS) is 18.4. The summed E-state index contributed by atoms with van der Waals surface area (Å²) >= 11 is 0. The van der Waals surface area contributed by atoms with E-state index in [1.54, 1.807) is 13.1 Å². The maximum atomic E-state index is 12.4. The number of aromatic amines is 1. The van der Waals surface area contributed by atoms with Crippen LogP contribution in [0.1, 0.15) is 37.8 Å². The molecule has 1 saturated carbocycles. The molecule has 0 atom stereocenters. The largest absolute Gasteiger partial charge is 0.363 e. The minimum absolute atomic E-state index is 0.139. The van der Waals surface area contributed by atoms with Gasteiger partial charge < -0.3 is 10.7 Å². The fourth-order valence-electron chi connectivity index (χ4n) is 2.49. The van der Waals surface area contributed by atoms with E-state index in [1.807, 2.05) is 0 Å². The van der Waals surface area contributed by atoms with Gasteiger partial charge in [-0.1, -0.05) is 19.3 Å². The summed E-state index contributed by atoms with van der Waals surface area (Å²) < 4.78 is 26.4. The molecule has 1 aromatic rings. The first kappa shape index (κ1) is 13.6. The number of rotatable bonds is 4. The summed E-state index contributed by atoms with van der Waals surface area (Å²) in [7, 11) is -1.70. The number of H-pyrrole nitrogens is 1. The van der Waals surface area contributed by atoms with Crippen molar-refractivity contribution in [1.82, 2.24) is 9.29 Å². The first-order valence-electron chi connectivity index (χ1n) is 6.41. The monoisotopic (exact) mass is 271 g/mol. The van der Waals surface area contributed by atoms with Crippen molar-refractivity contribution in [3.63, 3.8) is 0 Å². The summed E-state index contributed by atoms with van der Waals surface area (Å²) in [5.41, 5.74) is 6.23. The van der Waals surface area contributed by atoms with Crippen LogP contribution in [-0.2, 0) is 16.6 Å². The zero-order valence-electron chi connectivity index (χ0n) is 10.7. The van der Waals surface area contributed by atoms with Crippen molar-refractivity contribution in [2.75, 3.05) is 7.05 Å². The predicted octanol–water partition coefficient (Wildman–Crippen LogP) is 1.43. The van der Waals surface area contributed by atoms with E-state index < -0.39 is 10.0 Å². The van der Waals surface area contributed by atoms with Crippen molar-refractivity contribution in [2.24, 2.45) is 5.73 Å². The molecular weight excluding hydrogens is 250 g/mol. The Bertz CT molecular complexity index is 489. The lowest BCUT2D eigenvalue weighted by molar-refractivity contribution is 0.286. The summed E-state index contributed by atoms with van der Waals surface area (Å²) in [6, 6.07) is 1.76. The highest BCUT2D eigenvalue weighted by Gasteiger charge is 2.29. The molecule has 1 heterocycles. The molecule has 102 valence electrons. The third-order valence-electron chi connectivity index (χ3n) is 3.70. The minimum Gasteiger partial charge on any atom is -0.363 e. The molecule has 1 aliphatic carbocycles. The first-order valence-corrected chi connectivity index (χ1v) is 7.85. The molecule has 0 unspecified atom stereocenters. The predicted molar refractivity (Wildman–Crippen MR) is 70.5 cm³/mol. The Labute approximate surface area is 108 Å². The van der Waals surface area contributed by atoms with Gasteiger partial charge in [-0.2, -0.15) is 4.31 Å². The van der Waals surface area contributed by atoms with Gasteiger partial charge in [0.2, 0.25) is 10.0 Å². The lowest BCUT2D eigenvalue weighted by atomic mass is 9.96. The number of aromatic nitrogens is 1. The van der Waals surface area contributed by atoms with E-state index in [4.69, 9.17) is 5.73 Å². The molecular formula is C12H21N3O2S. The molecule has 0 aliphatic heterocycles. The molecule has 5 nitrogen and oxygen atoms in total. The van der Waals surface area contributed by atoms with E-state index in [-0.39, 0.29) is 6.04 Å².